The van der Waals surface area contributed by atoms with E-state index in [2.05, 4.69) is 106 Å². The maximum absolute atomic E-state index is 11.9. The van der Waals surface area contributed by atoms with Crippen LogP contribution in [0.4, 0.5) is 0 Å². The van der Waals surface area contributed by atoms with Gasteiger partial charge in [0.25, 0.3) is 0 Å². The van der Waals surface area contributed by atoms with Gasteiger partial charge in [0.2, 0.25) is 0 Å². The first-order valence-electron chi connectivity index (χ1n) is 22.5. The minimum Gasteiger partial charge on any atom is -0.326 e. The van der Waals surface area contributed by atoms with Crippen molar-refractivity contribution in [1.29, 1.82) is 0 Å². The smallest absolute Gasteiger partial charge is 0.156 e. The van der Waals surface area contributed by atoms with Crippen LogP contribution in [0.2, 0.25) is 0 Å². The molecule has 4 rings (SSSR count). The Kier molecular flexibility index (Phi) is 28.9. The van der Waals surface area contributed by atoms with Crippen LogP contribution >= 0.6 is 36.0 Å². The molecule has 0 unspecified atom stereocenters. The molecule has 0 aliphatic carbocycles. The molecular formula is C51H84ClN5O4S4. The van der Waals surface area contributed by atoms with Crippen LogP contribution in [0.3, 0.4) is 0 Å². The molecule has 0 aromatic carbocycles. The summed E-state index contributed by atoms with van der Waals surface area (Å²) < 4.78 is 47.7. The van der Waals surface area contributed by atoms with Crippen LogP contribution in [0.5, 0.6) is 0 Å². The Labute approximate surface area is 411 Å². The van der Waals surface area contributed by atoms with E-state index in [0.29, 0.717) is 34.6 Å². The van der Waals surface area contributed by atoms with Gasteiger partial charge in [-0.1, -0.05) is 128 Å². The second kappa shape index (κ2) is 30.0. The SMILES string of the molecule is CC(C)(C)CS.CC(C)(C)CS(=O)(=O)Cc1ccc(CN)cn1.CCc1ccc(CCl)nc1.CCc1ccc(CS(=O)(=O)CC(C)(C)C)nc1.CCc1ccc(CSCC(C)(C)C)nc1. The Morgan fingerprint density at radius 1 is 0.523 bits per heavy atom. The number of thioether (sulfide) groups is 1. The van der Waals surface area contributed by atoms with Crippen LogP contribution in [0.25, 0.3) is 0 Å². The monoisotopic (exact) mass is 994 g/mol. The molecule has 14 heteroatoms. The van der Waals surface area contributed by atoms with Gasteiger partial charge >= 0.3 is 0 Å². The number of aryl methyl sites for hydroxylation is 3. The molecule has 0 amide bonds. The highest BCUT2D eigenvalue weighted by Gasteiger charge is 2.23. The zero-order chi connectivity index (χ0) is 50.1. The third-order valence-electron chi connectivity index (χ3n) is 8.44. The van der Waals surface area contributed by atoms with E-state index in [1.54, 1.807) is 24.5 Å². The first-order valence-corrected chi connectivity index (χ1v) is 28.4. The Morgan fingerprint density at radius 2 is 0.846 bits per heavy atom. The first kappa shape index (κ1) is 62.4. The lowest BCUT2D eigenvalue weighted by Gasteiger charge is -2.17. The minimum atomic E-state index is -3.11. The van der Waals surface area contributed by atoms with Gasteiger partial charge in [0.05, 0.1) is 51.7 Å². The molecule has 0 radical (unpaired) electrons. The molecule has 0 saturated carbocycles. The maximum atomic E-state index is 11.9. The van der Waals surface area contributed by atoms with Gasteiger partial charge in [0.1, 0.15) is 0 Å². The molecule has 0 saturated heterocycles. The summed E-state index contributed by atoms with van der Waals surface area (Å²) in [4.78, 5) is 16.9. The number of halogens is 1. The van der Waals surface area contributed by atoms with Crippen LogP contribution in [0.15, 0.2) is 73.3 Å². The summed E-state index contributed by atoms with van der Waals surface area (Å²) in [6.45, 7) is 31.6. The largest absolute Gasteiger partial charge is 0.326 e. The summed E-state index contributed by atoms with van der Waals surface area (Å²) in [6.07, 6.45) is 10.3. The van der Waals surface area contributed by atoms with Gasteiger partial charge in [0, 0.05) is 37.1 Å². The van der Waals surface area contributed by atoms with Gasteiger partial charge in [0.15, 0.2) is 19.7 Å². The highest BCUT2D eigenvalue weighted by atomic mass is 35.5. The molecule has 0 bridgehead atoms. The molecule has 9 nitrogen and oxygen atoms in total. The fourth-order valence-corrected chi connectivity index (χ4v) is 10.6. The van der Waals surface area contributed by atoms with Crippen LogP contribution in [0.1, 0.15) is 149 Å². The minimum absolute atomic E-state index is 0.00484. The van der Waals surface area contributed by atoms with Gasteiger partial charge < -0.3 is 5.73 Å². The average Bonchev–Trinajstić information content (AvgIpc) is 3.20. The first-order chi connectivity index (χ1) is 29.9. The highest BCUT2D eigenvalue weighted by Crippen LogP contribution is 2.23. The Balaban J connectivity index is 0.000000816. The topological polar surface area (TPSA) is 146 Å². The predicted molar refractivity (Wildman–Crippen MR) is 285 cm³/mol. The van der Waals surface area contributed by atoms with E-state index in [1.807, 2.05) is 90.8 Å². The fourth-order valence-electron chi connectivity index (χ4n) is 5.24. The second-order valence-corrected chi connectivity index (χ2v) is 26.7. The molecule has 0 aliphatic heterocycles. The van der Waals surface area contributed by atoms with Crippen LogP contribution in [0, 0.1) is 21.7 Å². The number of alkyl halides is 1. The molecule has 0 fully saturated rings. The third kappa shape index (κ3) is 34.4. The molecule has 0 aliphatic rings. The van der Waals surface area contributed by atoms with Crippen molar-refractivity contribution in [2.75, 3.05) is 23.0 Å². The fraction of sp³-hybridized carbons (Fsp3) is 0.608. The van der Waals surface area contributed by atoms with Gasteiger partial charge in [-0.25, -0.2) is 16.8 Å². The van der Waals surface area contributed by atoms with E-state index in [4.69, 9.17) is 17.3 Å². The van der Waals surface area contributed by atoms with Crippen molar-refractivity contribution in [1.82, 2.24) is 19.9 Å². The molecule has 368 valence electrons. The second-order valence-electron chi connectivity index (χ2n) is 21.0. The zero-order valence-corrected chi connectivity index (χ0v) is 46.6. The van der Waals surface area contributed by atoms with Crippen LogP contribution < -0.4 is 5.73 Å². The highest BCUT2D eigenvalue weighted by molar-refractivity contribution is 7.98. The number of nitrogens with two attached hydrogens (primary N) is 1. The van der Waals surface area contributed by atoms with Crippen molar-refractivity contribution in [3.8, 4) is 0 Å². The molecular weight excluding hydrogens is 910 g/mol. The molecule has 0 spiro atoms. The lowest BCUT2D eigenvalue weighted by atomic mass is 10.0. The number of rotatable bonds is 14. The van der Waals surface area contributed by atoms with E-state index >= 15 is 0 Å². The van der Waals surface area contributed by atoms with E-state index in [-0.39, 0.29) is 33.8 Å². The van der Waals surface area contributed by atoms with Crippen LogP contribution in [-0.2, 0) is 68.6 Å². The lowest BCUT2D eigenvalue weighted by Crippen LogP contribution is -2.22. The van der Waals surface area contributed by atoms with E-state index < -0.39 is 19.7 Å². The normalized spacial score (nSPS) is 12.0. The number of hydrogen-bond acceptors (Lipinski definition) is 11. The van der Waals surface area contributed by atoms with Crippen molar-refractivity contribution in [2.24, 2.45) is 27.4 Å². The van der Waals surface area contributed by atoms with Crippen LogP contribution in [-0.4, -0.2) is 59.8 Å². The number of thiol groups is 1. The van der Waals surface area contributed by atoms with E-state index in [1.165, 1.54) is 22.6 Å². The number of aromatic nitrogens is 4. The summed E-state index contributed by atoms with van der Waals surface area (Å²) >= 11 is 11.6. The third-order valence-corrected chi connectivity index (χ3v) is 15.3. The van der Waals surface area contributed by atoms with E-state index in [0.717, 1.165) is 47.6 Å². The van der Waals surface area contributed by atoms with Crippen molar-refractivity contribution in [3.05, 3.63) is 118 Å². The summed E-state index contributed by atoms with van der Waals surface area (Å²) in [7, 11) is -6.18. The Hall–Kier alpha value is -2.55. The lowest BCUT2D eigenvalue weighted by molar-refractivity contribution is 0.460. The predicted octanol–water partition coefficient (Wildman–Crippen LogP) is 12.4. The Morgan fingerprint density at radius 3 is 1.09 bits per heavy atom. The van der Waals surface area contributed by atoms with Crippen molar-refractivity contribution in [2.45, 2.75) is 153 Å². The summed E-state index contributed by atoms with van der Waals surface area (Å²) in [5, 5.41) is 0. The number of nitrogens with zero attached hydrogens (tertiary/aromatic N) is 4. The van der Waals surface area contributed by atoms with E-state index in [9.17, 15) is 16.8 Å². The summed E-state index contributed by atoms with van der Waals surface area (Å²) in [5.74, 6) is 4.07. The number of hydrogen-bond donors (Lipinski definition) is 2. The quantitative estimate of drug-likeness (QED) is 0.0925. The van der Waals surface area contributed by atoms with Gasteiger partial charge in [-0.15, -0.1) is 11.6 Å². The molecule has 2 N–H and O–H groups in total. The van der Waals surface area contributed by atoms with Crippen molar-refractivity contribution < 1.29 is 16.8 Å². The van der Waals surface area contributed by atoms with Gasteiger partial charge in [-0.05, 0) is 98.9 Å². The molecule has 4 heterocycles. The standard InChI is InChI=1S/C13H21NO2S.C13H21NS.C12H20N2O2S.C8H10ClN.C5H12S/c1-5-11-6-7-12(14-8-11)9-17(15,16)10-13(2,3)4;1-5-11-6-7-12(14-8-11)9-15-10-13(2,3)4;1-12(2,3)9-17(15,16)8-11-5-4-10(6-13)7-14-11;1-2-7-3-4-8(5-9)10-6-7;1-5(2,3)4-6/h6-8H,5,9-10H2,1-4H3;6-8H,5,9-10H2,1-4H3;4-5,7H,6,8-9,13H2,1-3H3;3-4,6H,2,5H2,1H3;6H,4H2,1-3H3. The summed E-state index contributed by atoms with van der Waals surface area (Å²) in [5.41, 5.74) is 13.8. The average molecular weight is 995 g/mol. The Bertz CT molecular complexity index is 1970. The van der Waals surface area contributed by atoms with Crippen molar-refractivity contribution in [3.63, 3.8) is 0 Å². The molecule has 4 aromatic heterocycles. The molecule has 0 atom stereocenters. The number of pyridine rings is 4. The molecule has 65 heavy (non-hydrogen) atoms. The van der Waals surface area contributed by atoms with Gasteiger partial charge in [-0.3, -0.25) is 19.9 Å². The van der Waals surface area contributed by atoms with Gasteiger partial charge in [-0.2, -0.15) is 24.4 Å². The maximum Gasteiger partial charge on any atom is 0.156 e. The zero-order valence-electron chi connectivity index (χ0n) is 42.5. The summed E-state index contributed by atoms with van der Waals surface area (Å²) in [6, 6.07) is 15.6. The van der Waals surface area contributed by atoms with Crippen molar-refractivity contribution >= 4 is 55.7 Å². The number of sulfone groups is 2. The molecule has 4 aromatic rings.